The van der Waals surface area contributed by atoms with Crippen LogP contribution >= 0.6 is 0 Å². The molecule has 3 heterocycles. The fourth-order valence-corrected chi connectivity index (χ4v) is 3.22. The van der Waals surface area contributed by atoms with Gasteiger partial charge in [-0.2, -0.15) is 4.68 Å². The van der Waals surface area contributed by atoms with Crippen molar-refractivity contribution in [3.8, 4) is 11.6 Å². The maximum absolute atomic E-state index is 12.7. The van der Waals surface area contributed by atoms with Gasteiger partial charge >= 0.3 is 5.69 Å². The summed E-state index contributed by atoms with van der Waals surface area (Å²) < 4.78 is 8.47. The average Bonchev–Trinajstić information content (AvgIpc) is 2.99. The van der Waals surface area contributed by atoms with E-state index < -0.39 is 0 Å². The molecule has 1 aliphatic rings. The molecule has 0 amide bonds. The smallest absolute Gasteiger partial charge is 0.352 e. The molecule has 4 rings (SSSR count). The van der Waals surface area contributed by atoms with Gasteiger partial charge in [-0.3, -0.25) is 4.57 Å². The summed E-state index contributed by atoms with van der Waals surface area (Å²) >= 11 is 0. The largest absolute Gasteiger partial charge is 0.497 e. The van der Waals surface area contributed by atoms with Crippen LogP contribution in [0.2, 0.25) is 0 Å². The summed E-state index contributed by atoms with van der Waals surface area (Å²) in [4.78, 5) is 16.9. The van der Waals surface area contributed by atoms with Gasteiger partial charge in [-0.15, -0.1) is 5.10 Å². The van der Waals surface area contributed by atoms with E-state index in [2.05, 4.69) is 16.1 Å². The molecule has 122 valence electrons. The summed E-state index contributed by atoms with van der Waals surface area (Å²) in [6.07, 6.45) is 3.40. The van der Waals surface area contributed by atoms with Crippen molar-refractivity contribution in [3.63, 3.8) is 0 Å². The molecule has 1 unspecified atom stereocenters. The van der Waals surface area contributed by atoms with Crippen LogP contribution in [0.3, 0.4) is 0 Å². The van der Waals surface area contributed by atoms with Crippen LogP contribution in [0, 0.1) is 0 Å². The first-order valence-corrected chi connectivity index (χ1v) is 8.00. The maximum atomic E-state index is 12.7. The van der Waals surface area contributed by atoms with Gasteiger partial charge in [0, 0.05) is 25.1 Å². The van der Waals surface area contributed by atoms with Crippen molar-refractivity contribution in [2.45, 2.75) is 25.3 Å². The van der Waals surface area contributed by atoms with E-state index in [1.54, 1.807) is 23.9 Å². The van der Waals surface area contributed by atoms with Crippen molar-refractivity contribution < 1.29 is 4.74 Å². The van der Waals surface area contributed by atoms with E-state index in [1.807, 2.05) is 30.3 Å². The quantitative estimate of drug-likeness (QED) is 0.741. The molecule has 0 saturated heterocycles. The Labute approximate surface area is 139 Å². The lowest BCUT2D eigenvalue weighted by Crippen LogP contribution is -2.29. The molecule has 0 aliphatic carbocycles. The number of ether oxygens (including phenoxy) is 1. The third-order valence-electron chi connectivity index (χ3n) is 4.49. The molecule has 0 saturated carbocycles. The Balaban J connectivity index is 1.68. The van der Waals surface area contributed by atoms with Gasteiger partial charge in [0.05, 0.1) is 7.11 Å². The van der Waals surface area contributed by atoms with Gasteiger partial charge in [0.2, 0.25) is 0 Å². The van der Waals surface area contributed by atoms with Crippen molar-refractivity contribution in [2.75, 3.05) is 7.11 Å². The number of nitrogens with zero attached hydrogens (tertiary/aromatic N) is 4. The van der Waals surface area contributed by atoms with E-state index in [1.165, 1.54) is 10.2 Å². The van der Waals surface area contributed by atoms with E-state index >= 15 is 0 Å². The van der Waals surface area contributed by atoms with Gasteiger partial charge < -0.3 is 4.74 Å². The highest BCUT2D eigenvalue weighted by molar-refractivity contribution is 5.31. The molecule has 6 heteroatoms. The summed E-state index contributed by atoms with van der Waals surface area (Å²) in [6.45, 7) is 0.633. The molecule has 6 nitrogen and oxygen atoms in total. The molecule has 0 radical (unpaired) electrons. The van der Waals surface area contributed by atoms with Gasteiger partial charge in [-0.05, 0) is 36.2 Å². The molecule has 0 N–H and O–H groups in total. The van der Waals surface area contributed by atoms with Gasteiger partial charge in [-0.1, -0.05) is 18.2 Å². The van der Waals surface area contributed by atoms with Crippen LogP contribution in [0.25, 0.3) is 5.82 Å². The third kappa shape index (κ3) is 2.50. The molecule has 1 aromatic carbocycles. The molecular weight excluding hydrogens is 304 g/mol. The fourth-order valence-electron chi connectivity index (χ4n) is 3.22. The number of methoxy groups -OCH3 is 1. The van der Waals surface area contributed by atoms with E-state index in [-0.39, 0.29) is 11.6 Å². The minimum atomic E-state index is -0.128. The van der Waals surface area contributed by atoms with E-state index in [0.717, 1.165) is 24.4 Å². The molecule has 1 atom stereocenters. The van der Waals surface area contributed by atoms with Crippen molar-refractivity contribution in [2.24, 2.45) is 0 Å². The molecule has 1 aliphatic heterocycles. The predicted molar refractivity (Wildman–Crippen MR) is 89.7 cm³/mol. The van der Waals surface area contributed by atoms with Crippen LogP contribution in [-0.2, 0) is 13.0 Å². The maximum Gasteiger partial charge on any atom is 0.352 e. The summed E-state index contributed by atoms with van der Waals surface area (Å²) in [6, 6.07) is 13.5. The lowest BCUT2D eigenvalue weighted by molar-refractivity contribution is 0.410. The van der Waals surface area contributed by atoms with E-state index in [0.29, 0.717) is 12.4 Å². The number of pyridine rings is 1. The van der Waals surface area contributed by atoms with Crippen LogP contribution in [-0.4, -0.2) is 26.4 Å². The Hall–Kier alpha value is -2.89. The first kappa shape index (κ1) is 14.7. The second kappa shape index (κ2) is 5.96. The molecule has 2 aromatic heterocycles. The highest BCUT2D eigenvalue weighted by Crippen LogP contribution is 2.29. The van der Waals surface area contributed by atoms with E-state index in [9.17, 15) is 4.79 Å². The van der Waals surface area contributed by atoms with Gasteiger partial charge in [0.15, 0.2) is 5.82 Å². The van der Waals surface area contributed by atoms with Crippen LogP contribution in [0.5, 0.6) is 5.75 Å². The highest BCUT2D eigenvalue weighted by Gasteiger charge is 2.25. The van der Waals surface area contributed by atoms with Gasteiger partial charge in [-0.25, -0.2) is 9.78 Å². The van der Waals surface area contributed by atoms with Crippen LogP contribution in [0.4, 0.5) is 0 Å². The minimum absolute atomic E-state index is 0.128. The van der Waals surface area contributed by atoms with E-state index in [4.69, 9.17) is 4.74 Å². The zero-order valence-corrected chi connectivity index (χ0v) is 13.4. The summed E-state index contributed by atoms with van der Waals surface area (Å²) in [5.74, 6) is 2.51. The zero-order valence-electron chi connectivity index (χ0n) is 13.4. The Morgan fingerprint density at radius 2 is 2.12 bits per heavy atom. The second-order valence-corrected chi connectivity index (χ2v) is 5.92. The summed E-state index contributed by atoms with van der Waals surface area (Å²) in [5, 5.41) is 4.46. The Kier molecular flexibility index (Phi) is 3.65. The normalized spacial score (nSPS) is 16.6. The van der Waals surface area contributed by atoms with Crippen molar-refractivity contribution in [3.05, 3.63) is 70.5 Å². The van der Waals surface area contributed by atoms with Crippen molar-refractivity contribution >= 4 is 0 Å². The van der Waals surface area contributed by atoms with Crippen LogP contribution in [0.15, 0.2) is 53.5 Å². The van der Waals surface area contributed by atoms with Gasteiger partial charge in [0.25, 0.3) is 0 Å². The number of rotatable bonds is 3. The number of hydrogen-bond donors (Lipinski definition) is 0. The van der Waals surface area contributed by atoms with Crippen molar-refractivity contribution in [1.29, 1.82) is 0 Å². The number of benzene rings is 1. The Morgan fingerprint density at radius 3 is 2.92 bits per heavy atom. The topological polar surface area (TPSA) is 61.9 Å². The third-order valence-corrected chi connectivity index (χ3v) is 4.49. The standard InChI is InChI=1S/C18H18N4O2/c1-24-15-6-4-5-13(11-15)14-8-9-17-20-22(18(23)21(17)12-14)16-7-2-3-10-19-16/h2-7,10-11,14H,8-9,12H2,1H3. The van der Waals surface area contributed by atoms with Crippen LogP contribution < -0.4 is 10.4 Å². The summed E-state index contributed by atoms with van der Waals surface area (Å²) in [5.41, 5.74) is 1.06. The monoisotopic (exact) mass is 322 g/mol. The molecule has 3 aromatic rings. The summed E-state index contributed by atoms with van der Waals surface area (Å²) in [7, 11) is 1.67. The highest BCUT2D eigenvalue weighted by atomic mass is 16.5. The zero-order chi connectivity index (χ0) is 16.5. The number of aryl methyl sites for hydroxylation is 1. The lowest BCUT2D eigenvalue weighted by Gasteiger charge is -2.23. The van der Waals surface area contributed by atoms with Gasteiger partial charge in [0.1, 0.15) is 11.6 Å². The fraction of sp³-hybridized carbons (Fsp3) is 0.278. The first-order valence-electron chi connectivity index (χ1n) is 8.00. The number of fused-ring (bicyclic) bond motifs is 1. The SMILES string of the molecule is COc1cccc(C2CCc3nn(-c4ccccn4)c(=O)n3C2)c1. The predicted octanol–water partition coefficient (Wildman–Crippen LogP) is 2.17. The van der Waals surface area contributed by atoms with Crippen LogP contribution in [0.1, 0.15) is 23.7 Å². The lowest BCUT2D eigenvalue weighted by atomic mass is 9.91. The second-order valence-electron chi connectivity index (χ2n) is 5.92. The molecule has 0 spiro atoms. The molecular formula is C18H18N4O2. The Bertz CT molecular complexity index is 914. The molecule has 0 fully saturated rings. The average molecular weight is 322 g/mol. The van der Waals surface area contributed by atoms with Crippen molar-refractivity contribution in [1.82, 2.24) is 19.3 Å². The Morgan fingerprint density at radius 1 is 1.21 bits per heavy atom. The minimum Gasteiger partial charge on any atom is -0.497 e. The molecule has 0 bridgehead atoms. The first-order chi connectivity index (χ1) is 11.8. The number of aromatic nitrogens is 4. The molecule has 24 heavy (non-hydrogen) atoms. The number of hydrogen-bond acceptors (Lipinski definition) is 4.